The van der Waals surface area contributed by atoms with E-state index in [4.69, 9.17) is 10.2 Å². The van der Waals surface area contributed by atoms with Gasteiger partial charge in [-0.1, -0.05) is 0 Å². The maximum absolute atomic E-state index is 10.4. The van der Waals surface area contributed by atoms with E-state index in [0.717, 1.165) is 36.4 Å². The second-order valence-corrected chi connectivity index (χ2v) is 6.75. The lowest BCUT2D eigenvalue weighted by molar-refractivity contribution is -0.423. The van der Waals surface area contributed by atoms with E-state index in [1.165, 1.54) is 12.1 Å². The van der Waals surface area contributed by atoms with Crippen LogP contribution in [-0.2, 0) is 0 Å². The van der Waals surface area contributed by atoms with Gasteiger partial charge in [0.25, 0.3) is 0 Å². The predicted octanol–water partition coefficient (Wildman–Crippen LogP) is 3.25. The van der Waals surface area contributed by atoms with Crippen molar-refractivity contribution in [3.63, 3.8) is 0 Å². The number of phenols is 3. The van der Waals surface area contributed by atoms with E-state index in [1.807, 2.05) is 0 Å². The first kappa shape index (κ1) is 30.7. The van der Waals surface area contributed by atoms with Crippen LogP contribution in [-0.4, -0.2) is 53.9 Å². The van der Waals surface area contributed by atoms with Gasteiger partial charge < -0.3 is 15.3 Å². The fraction of sp³-hybridized carbons (Fsp3) is 0. The van der Waals surface area contributed by atoms with Crippen molar-refractivity contribution in [1.29, 1.82) is 0 Å². The van der Waals surface area contributed by atoms with Gasteiger partial charge in [0, 0.05) is 29.3 Å². The zero-order chi connectivity index (χ0) is 29.9. The lowest BCUT2D eigenvalue weighted by Crippen LogP contribution is -1.98. The molecule has 3 aromatic carbocycles. The van der Waals surface area contributed by atoms with Gasteiger partial charge in [0.05, 0.1) is 25.3 Å². The van der Waals surface area contributed by atoms with Crippen molar-refractivity contribution in [3.8, 4) is 17.2 Å². The van der Waals surface area contributed by atoms with E-state index < -0.39 is 59.7 Å². The predicted molar refractivity (Wildman–Crippen MR) is 127 cm³/mol. The Morgan fingerprint density at radius 3 is 1.46 bits per heavy atom. The molecule has 0 aliphatic rings. The molecule has 0 aliphatic carbocycles. The van der Waals surface area contributed by atoms with Crippen LogP contribution in [0.15, 0.2) is 48.5 Å². The summed E-state index contributed by atoms with van der Waals surface area (Å²) >= 11 is 0. The Bertz CT molecular complexity index is 1470. The number of aldehydes is 3. The lowest BCUT2D eigenvalue weighted by atomic mass is 10.1. The summed E-state index contributed by atoms with van der Waals surface area (Å²) < 4.78 is 0. The number of carbonyl (C=O) groups excluding carboxylic acids is 3. The van der Waals surface area contributed by atoms with Gasteiger partial charge in [-0.15, -0.1) is 0 Å². The molecule has 0 saturated carbocycles. The Morgan fingerprint density at radius 1 is 0.538 bits per heavy atom. The minimum absolute atomic E-state index is 0.166. The van der Waals surface area contributed by atoms with Gasteiger partial charge in [-0.3, -0.25) is 54.8 Å². The highest BCUT2D eigenvalue weighted by molar-refractivity contribution is 5.84. The zero-order valence-electron chi connectivity index (χ0n) is 19.0. The molecular formula is C21H14N4O14. The van der Waals surface area contributed by atoms with Gasteiger partial charge in [0.1, 0.15) is 12.6 Å². The van der Waals surface area contributed by atoms with Crippen LogP contribution in [0.3, 0.4) is 0 Å². The number of hydrogen-bond donors (Lipinski definition) is 3. The molecule has 0 atom stereocenters. The maximum atomic E-state index is 10.4. The molecule has 0 spiro atoms. The lowest BCUT2D eigenvalue weighted by Gasteiger charge is -1.99. The fourth-order valence-corrected chi connectivity index (χ4v) is 2.54. The van der Waals surface area contributed by atoms with Crippen LogP contribution in [0.25, 0.3) is 0 Å². The first-order chi connectivity index (χ1) is 18.3. The molecule has 18 heteroatoms. The number of hydrogen-bond acceptors (Lipinski definition) is 14. The molecule has 0 saturated heterocycles. The highest BCUT2D eigenvalue weighted by Crippen LogP contribution is 2.37. The quantitative estimate of drug-likeness (QED) is 0.218. The number of aromatic hydroxyl groups is 3. The van der Waals surface area contributed by atoms with Crippen LogP contribution >= 0.6 is 0 Å². The molecular weight excluding hydrogens is 532 g/mol. The second kappa shape index (κ2) is 13.7. The Morgan fingerprint density at radius 2 is 1.03 bits per heavy atom. The van der Waals surface area contributed by atoms with E-state index in [1.54, 1.807) is 0 Å². The van der Waals surface area contributed by atoms with E-state index in [-0.39, 0.29) is 23.0 Å². The highest BCUT2D eigenvalue weighted by Gasteiger charge is 2.30. The number of nitrogens with zero attached hydrogens (tertiary/aromatic N) is 4. The molecule has 3 aromatic rings. The molecule has 0 radical (unpaired) electrons. The summed E-state index contributed by atoms with van der Waals surface area (Å²) in [6, 6.07) is 8.56. The van der Waals surface area contributed by atoms with Crippen molar-refractivity contribution in [2.24, 2.45) is 0 Å². The smallest absolute Gasteiger partial charge is 0.387 e. The first-order valence-corrected chi connectivity index (χ1v) is 9.74. The average Bonchev–Trinajstić information content (AvgIpc) is 2.88. The molecule has 0 amide bonds. The summed E-state index contributed by atoms with van der Waals surface area (Å²) in [6.07, 6.45) is 1.15. The summed E-state index contributed by atoms with van der Waals surface area (Å²) in [5, 5.41) is 68.4. The van der Waals surface area contributed by atoms with Crippen molar-refractivity contribution in [3.05, 3.63) is 106 Å². The van der Waals surface area contributed by atoms with E-state index in [9.17, 15) is 59.9 Å². The van der Waals surface area contributed by atoms with E-state index in [2.05, 4.69) is 0 Å². The summed E-state index contributed by atoms with van der Waals surface area (Å²) in [6.45, 7) is 0. The van der Waals surface area contributed by atoms with Crippen LogP contribution in [0, 0.1) is 40.5 Å². The molecule has 0 fully saturated rings. The molecule has 0 aliphatic heterocycles. The Balaban J connectivity index is 0.000000295. The normalized spacial score (nSPS) is 9.44. The minimum atomic E-state index is -1.11. The summed E-state index contributed by atoms with van der Waals surface area (Å²) in [5.74, 6) is -1.93. The Hall–Kier alpha value is -6.33. The number of carbonyl (C=O) groups is 3. The van der Waals surface area contributed by atoms with Crippen molar-refractivity contribution < 1.29 is 49.4 Å². The van der Waals surface area contributed by atoms with Crippen LogP contribution in [0.4, 0.5) is 22.7 Å². The van der Waals surface area contributed by atoms with Crippen molar-refractivity contribution in [2.45, 2.75) is 0 Å². The minimum Gasteiger partial charge on any atom is -0.502 e. The topological polar surface area (TPSA) is 284 Å². The molecule has 39 heavy (non-hydrogen) atoms. The third kappa shape index (κ3) is 8.10. The zero-order valence-corrected chi connectivity index (χ0v) is 19.0. The number of nitro groups is 4. The van der Waals surface area contributed by atoms with Crippen molar-refractivity contribution >= 4 is 41.6 Å². The van der Waals surface area contributed by atoms with Gasteiger partial charge >= 0.3 is 22.7 Å². The van der Waals surface area contributed by atoms with Gasteiger partial charge in [0.15, 0.2) is 17.8 Å². The molecule has 0 aromatic heterocycles. The fourth-order valence-electron chi connectivity index (χ4n) is 2.54. The Labute approximate surface area is 214 Å². The largest absolute Gasteiger partial charge is 0.502 e. The van der Waals surface area contributed by atoms with Gasteiger partial charge in [-0.05, 0) is 30.3 Å². The molecule has 3 rings (SSSR count). The maximum Gasteiger partial charge on any atom is 0.387 e. The number of phenolic OH excluding ortho intramolecular Hbond substituents is 3. The summed E-state index contributed by atoms with van der Waals surface area (Å²) in [4.78, 5) is 68.3. The van der Waals surface area contributed by atoms with Gasteiger partial charge in [-0.2, -0.15) is 0 Å². The summed E-state index contributed by atoms with van der Waals surface area (Å²) in [7, 11) is 0. The third-order valence-electron chi connectivity index (χ3n) is 4.33. The number of rotatable bonds is 7. The van der Waals surface area contributed by atoms with Gasteiger partial charge in [0.2, 0.25) is 5.75 Å². The molecule has 0 heterocycles. The monoisotopic (exact) mass is 546 g/mol. The van der Waals surface area contributed by atoms with Gasteiger partial charge in [-0.25, -0.2) is 0 Å². The molecule has 0 bridgehead atoms. The van der Waals surface area contributed by atoms with Crippen LogP contribution in [0.2, 0.25) is 0 Å². The summed E-state index contributed by atoms with van der Waals surface area (Å²) in [5.41, 5.74) is -2.79. The van der Waals surface area contributed by atoms with Crippen LogP contribution < -0.4 is 0 Å². The number of benzene rings is 3. The molecule has 18 nitrogen and oxygen atoms in total. The molecule has 3 N–H and O–H groups in total. The van der Waals surface area contributed by atoms with Crippen molar-refractivity contribution in [1.82, 2.24) is 0 Å². The van der Waals surface area contributed by atoms with Crippen LogP contribution in [0.1, 0.15) is 31.1 Å². The van der Waals surface area contributed by atoms with E-state index >= 15 is 0 Å². The number of nitro benzene ring substituents is 4. The highest BCUT2D eigenvalue weighted by atomic mass is 16.6. The molecule has 202 valence electrons. The Kier molecular flexibility index (Phi) is 10.8. The SMILES string of the molecule is O=Cc1ccc(O)c([N+](=O)[O-])c1.O=Cc1ccc([N+](=O)[O-])c(O)c1.O=Cc1ccc([N+](=O)[O-])c([N+](=O)[O-])c1O. The standard InChI is InChI=1S/C7H4N2O6.2C7H5NO4/c10-3-4-1-2-5(8(12)13)6(7(4)11)9(14)15;9-4-5-1-2-7(10)6(3-5)8(11)12;9-4-5-1-2-6(8(11)12)7(10)3-5/h1-3,11H;2*1-4,10H. The second-order valence-electron chi connectivity index (χ2n) is 6.75. The first-order valence-electron chi connectivity index (χ1n) is 9.74. The molecule has 0 unspecified atom stereocenters. The van der Waals surface area contributed by atoms with E-state index in [0.29, 0.717) is 12.6 Å². The van der Waals surface area contributed by atoms with Crippen LogP contribution in [0.5, 0.6) is 17.2 Å². The third-order valence-corrected chi connectivity index (χ3v) is 4.33. The average molecular weight is 546 g/mol. The van der Waals surface area contributed by atoms with Crippen molar-refractivity contribution in [2.75, 3.05) is 0 Å².